The minimum atomic E-state index is -0.0744. The zero-order valence-corrected chi connectivity index (χ0v) is 17.2. The summed E-state index contributed by atoms with van der Waals surface area (Å²) in [6.45, 7) is 6.27. The first-order chi connectivity index (χ1) is 11.6. The van der Waals surface area contributed by atoms with Crippen LogP contribution < -0.4 is 10.6 Å². The van der Waals surface area contributed by atoms with Gasteiger partial charge in [-0.1, -0.05) is 29.8 Å². The molecular formula is C18H27IN4O2. The number of hydrogen-bond donors (Lipinski definition) is 2. The number of piperidine rings is 1. The molecule has 1 aliphatic rings. The second-order valence-corrected chi connectivity index (χ2v) is 5.90. The zero-order chi connectivity index (χ0) is 17.4. The van der Waals surface area contributed by atoms with Crippen LogP contribution in [0.5, 0.6) is 0 Å². The van der Waals surface area contributed by atoms with Gasteiger partial charge in [0.1, 0.15) is 0 Å². The van der Waals surface area contributed by atoms with E-state index in [1.807, 2.05) is 6.92 Å². The molecule has 1 saturated heterocycles. The number of carbonyl (C=O) groups is 2. The number of amides is 2. The van der Waals surface area contributed by atoms with E-state index in [4.69, 9.17) is 0 Å². The quantitative estimate of drug-likeness (QED) is 0.297. The molecule has 6 nitrogen and oxygen atoms in total. The molecular weight excluding hydrogens is 431 g/mol. The molecule has 1 fully saturated rings. The maximum Gasteiger partial charge on any atom is 0.229 e. The SMILES string of the molecule is CCNC(=NCc1ccc(C)cc1)NCCN1C(=O)CCCC1=O.I. The van der Waals surface area contributed by atoms with Crippen LogP contribution in [0.15, 0.2) is 29.3 Å². The van der Waals surface area contributed by atoms with Crippen LogP contribution in [0.4, 0.5) is 0 Å². The van der Waals surface area contributed by atoms with Gasteiger partial charge in [-0.3, -0.25) is 14.5 Å². The van der Waals surface area contributed by atoms with Crippen molar-refractivity contribution in [1.29, 1.82) is 0 Å². The zero-order valence-electron chi connectivity index (χ0n) is 14.9. The van der Waals surface area contributed by atoms with Gasteiger partial charge in [0, 0.05) is 32.5 Å². The van der Waals surface area contributed by atoms with Gasteiger partial charge in [-0.25, -0.2) is 4.99 Å². The van der Waals surface area contributed by atoms with Gasteiger partial charge in [-0.2, -0.15) is 0 Å². The van der Waals surface area contributed by atoms with Crippen LogP contribution >= 0.6 is 24.0 Å². The van der Waals surface area contributed by atoms with Gasteiger partial charge < -0.3 is 10.6 Å². The lowest BCUT2D eigenvalue weighted by atomic mass is 10.1. The number of aliphatic imine (C=N–C) groups is 1. The normalized spacial score (nSPS) is 15.0. The Kier molecular flexibility index (Phi) is 9.48. The molecule has 2 rings (SSSR count). The molecule has 1 aliphatic heterocycles. The van der Waals surface area contributed by atoms with E-state index in [2.05, 4.69) is 46.8 Å². The Bertz CT molecular complexity index is 586. The summed E-state index contributed by atoms with van der Waals surface area (Å²) < 4.78 is 0. The van der Waals surface area contributed by atoms with E-state index in [0.717, 1.165) is 12.1 Å². The van der Waals surface area contributed by atoms with E-state index in [-0.39, 0.29) is 35.8 Å². The number of benzene rings is 1. The summed E-state index contributed by atoms with van der Waals surface area (Å²) in [5.74, 6) is 0.541. The molecule has 138 valence electrons. The second-order valence-electron chi connectivity index (χ2n) is 5.90. The van der Waals surface area contributed by atoms with E-state index < -0.39 is 0 Å². The van der Waals surface area contributed by atoms with E-state index >= 15 is 0 Å². The van der Waals surface area contributed by atoms with E-state index in [9.17, 15) is 9.59 Å². The average Bonchev–Trinajstić information content (AvgIpc) is 2.56. The molecule has 0 unspecified atom stereocenters. The molecule has 0 spiro atoms. The van der Waals surface area contributed by atoms with E-state index in [1.165, 1.54) is 10.5 Å². The van der Waals surface area contributed by atoms with Crippen LogP contribution in [-0.2, 0) is 16.1 Å². The van der Waals surface area contributed by atoms with Gasteiger partial charge in [0.05, 0.1) is 6.54 Å². The lowest BCUT2D eigenvalue weighted by molar-refractivity contribution is -0.147. The molecule has 1 aromatic carbocycles. The Labute approximate surface area is 166 Å². The number of rotatable bonds is 6. The number of imide groups is 1. The standard InChI is InChI=1S/C18H26N4O2.HI/c1-3-19-18(21-13-15-9-7-14(2)8-10-15)20-11-12-22-16(23)5-4-6-17(22)24;/h7-10H,3-6,11-13H2,1-2H3,(H2,19,20,21);1H. The van der Waals surface area contributed by atoms with Crippen LogP contribution in [0.1, 0.15) is 37.3 Å². The summed E-state index contributed by atoms with van der Waals surface area (Å²) in [4.78, 5) is 29.4. The highest BCUT2D eigenvalue weighted by Crippen LogP contribution is 2.11. The van der Waals surface area contributed by atoms with E-state index in [0.29, 0.717) is 44.9 Å². The summed E-state index contributed by atoms with van der Waals surface area (Å²) in [5, 5.41) is 6.36. The fourth-order valence-corrected chi connectivity index (χ4v) is 2.54. The highest BCUT2D eigenvalue weighted by molar-refractivity contribution is 14.0. The summed E-state index contributed by atoms with van der Waals surface area (Å²) in [7, 11) is 0. The summed E-state index contributed by atoms with van der Waals surface area (Å²) in [5.41, 5.74) is 2.36. The smallest absolute Gasteiger partial charge is 0.229 e. The average molecular weight is 458 g/mol. The predicted octanol–water partition coefficient (Wildman–Crippen LogP) is 2.21. The fourth-order valence-electron chi connectivity index (χ4n) is 2.54. The molecule has 2 N–H and O–H groups in total. The fraction of sp³-hybridized carbons (Fsp3) is 0.500. The van der Waals surface area contributed by atoms with Crippen molar-refractivity contribution in [2.24, 2.45) is 4.99 Å². The molecule has 1 heterocycles. The highest BCUT2D eigenvalue weighted by atomic mass is 127. The van der Waals surface area contributed by atoms with Crippen LogP contribution in [0.3, 0.4) is 0 Å². The molecule has 0 aliphatic carbocycles. The van der Waals surface area contributed by atoms with Gasteiger partial charge in [0.15, 0.2) is 5.96 Å². The number of carbonyl (C=O) groups excluding carboxylic acids is 2. The van der Waals surface area contributed by atoms with Crippen molar-refractivity contribution in [1.82, 2.24) is 15.5 Å². The van der Waals surface area contributed by atoms with Crippen molar-refractivity contribution in [2.45, 2.75) is 39.7 Å². The first kappa shape index (κ1) is 21.4. The van der Waals surface area contributed by atoms with Crippen molar-refractivity contribution in [3.05, 3.63) is 35.4 Å². The maximum atomic E-state index is 11.8. The molecule has 0 aromatic heterocycles. The number of aryl methyl sites for hydroxylation is 1. The Hall–Kier alpha value is -1.64. The minimum absolute atomic E-state index is 0. The van der Waals surface area contributed by atoms with Gasteiger partial charge >= 0.3 is 0 Å². The number of guanidine groups is 1. The first-order valence-corrected chi connectivity index (χ1v) is 8.51. The molecule has 0 saturated carbocycles. The van der Waals surface area contributed by atoms with Gasteiger partial charge in [-0.15, -0.1) is 24.0 Å². The molecule has 0 bridgehead atoms. The maximum absolute atomic E-state index is 11.8. The highest BCUT2D eigenvalue weighted by Gasteiger charge is 2.25. The third-order valence-electron chi connectivity index (χ3n) is 3.90. The van der Waals surface area contributed by atoms with Crippen LogP contribution in [0.2, 0.25) is 0 Å². The first-order valence-electron chi connectivity index (χ1n) is 8.51. The summed E-state index contributed by atoms with van der Waals surface area (Å²) in [6.07, 6.45) is 1.60. The molecule has 7 heteroatoms. The Morgan fingerprint density at radius 1 is 1.12 bits per heavy atom. The Morgan fingerprint density at radius 3 is 2.36 bits per heavy atom. The molecule has 25 heavy (non-hydrogen) atoms. The second kappa shape index (κ2) is 11.1. The van der Waals surface area contributed by atoms with Crippen molar-refractivity contribution < 1.29 is 9.59 Å². The molecule has 2 amide bonds. The van der Waals surface area contributed by atoms with Gasteiger partial charge in [0.25, 0.3) is 0 Å². The number of hydrogen-bond acceptors (Lipinski definition) is 3. The van der Waals surface area contributed by atoms with Gasteiger partial charge in [0.2, 0.25) is 11.8 Å². The number of nitrogens with zero attached hydrogens (tertiary/aromatic N) is 2. The lowest BCUT2D eigenvalue weighted by Gasteiger charge is -2.25. The summed E-state index contributed by atoms with van der Waals surface area (Å²) >= 11 is 0. The van der Waals surface area contributed by atoms with Crippen molar-refractivity contribution in [3.63, 3.8) is 0 Å². The minimum Gasteiger partial charge on any atom is -0.357 e. The third-order valence-corrected chi connectivity index (χ3v) is 3.90. The van der Waals surface area contributed by atoms with Crippen LogP contribution in [-0.4, -0.2) is 42.3 Å². The number of nitrogens with one attached hydrogen (secondary N) is 2. The lowest BCUT2D eigenvalue weighted by Crippen LogP contribution is -2.46. The van der Waals surface area contributed by atoms with Crippen molar-refractivity contribution >= 4 is 41.8 Å². The van der Waals surface area contributed by atoms with Crippen LogP contribution in [0.25, 0.3) is 0 Å². The molecule has 0 atom stereocenters. The number of halogens is 1. The topological polar surface area (TPSA) is 73.8 Å². The predicted molar refractivity (Wildman–Crippen MR) is 110 cm³/mol. The molecule has 1 aromatic rings. The van der Waals surface area contributed by atoms with Crippen molar-refractivity contribution in [3.8, 4) is 0 Å². The van der Waals surface area contributed by atoms with E-state index in [1.54, 1.807) is 0 Å². The van der Waals surface area contributed by atoms with Gasteiger partial charge in [-0.05, 0) is 25.8 Å². The van der Waals surface area contributed by atoms with Crippen molar-refractivity contribution in [2.75, 3.05) is 19.6 Å². The third kappa shape index (κ3) is 7.01. The monoisotopic (exact) mass is 458 g/mol. The summed E-state index contributed by atoms with van der Waals surface area (Å²) in [6, 6.07) is 8.26. The number of likely N-dealkylation sites (tertiary alicyclic amines) is 1. The van der Waals surface area contributed by atoms with Crippen LogP contribution in [0, 0.1) is 6.92 Å². The Morgan fingerprint density at radius 2 is 1.76 bits per heavy atom. The largest absolute Gasteiger partial charge is 0.357 e. The Balaban J connectivity index is 0.00000312. The molecule has 0 radical (unpaired) electrons.